The number of benzene rings is 1. The summed E-state index contributed by atoms with van der Waals surface area (Å²) in [7, 11) is -3.60. The van der Waals surface area contributed by atoms with E-state index in [9.17, 15) is 13.2 Å². The van der Waals surface area contributed by atoms with Crippen LogP contribution in [-0.4, -0.2) is 34.0 Å². The number of piperidine rings is 1. The van der Waals surface area contributed by atoms with E-state index in [2.05, 4.69) is 17.6 Å². The SMILES string of the molecule is CC1(CNC(=O)c2cccc(CS(N)(=O)=O)c2)CCNCC1. The number of amides is 1. The van der Waals surface area contributed by atoms with Gasteiger partial charge in [-0.3, -0.25) is 4.79 Å². The molecule has 1 aromatic rings. The van der Waals surface area contributed by atoms with Gasteiger partial charge in [-0.1, -0.05) is 19.1 Å². The van der Waals surface area contributed by atoms with Gasteiger partial charge in [0.15, 0.2) is 0 Å². The van der Waals surface area contributed by atoms with E-state index in [4.69, 9.17) is 5.14 Å². The third-order valence-electron chi connectivity index (χ3n) is 4.04. The maximum atomic E-state index is 12.2. The Morgan fingerprint density at radius 3 is 2.68 bits per heavy atom. The zero-order chi connectivity index (χ0) is 16.2. The highest BCUT2D eigenvalue weighted by Gasteiger charge is 2.27. The van der Waals surface area contributed by atoms with Crippen molar-refractivity contribution in [3.05, 3.63) is 35.4 Å². The molecule has 0 bridgehead atoms. The summed E-state index contributed by atoms with van der Waals surface area (Å²) < 4.78 is 22.3. The van der Waals surface area contributed by atoms with Crippen LogP contribution < -0.4 is 15.8 Å². The van der Waals surface area contributed by atoms with E-state index in [0.29, 0.717) is 17.7 Å². The number of hydrogen-bond donors (Lipinski definition) is 3. The van der Waals surface area contributed by atoms with E-state index in [1.807, 2.05) is 0 Å². The van der Waals surface area contributed by atoms with Crippen LogP contribution in [-0.2, 0) is 15.8 Å². The van der Waals surface area contributed by atoms with Crippen LogP contribution in [0.5, 0.6) is 0 Å². The first kappa shape index (κ1) is 16.9. The number of sulfonamides is 1. The van der Waals surface area contributed by atoms with Crippen LogP contribution in [0.4, 0.5) is 0 Å². The summed E-state index contributed by atoms with van der Waals surface area (Å²) in [6.45, 7) is 4.73. The van der Waals surface area contributed by atoms with Gasteiger partial charge in [-0.25, -0.2) is 13.6 Å². The number of hydrogen-bond acceptors (Lipinski definition) is 4. The van der Waals surface area contributed by atoms with Crippen molar-refractivity contribution in [3.63, 3.8) is 0 Å². The lowest BCUT2D eigenvalue weighted by Gasteiger charge is -2.34. The van der Waals surface area contributed by atoms with Crippen molar-refractivity contribution in [1.29, 1.82) is 0 Å². The van der Waals surface area contributed by atoms with Gasteiger partial charge < -0.3 is 10.6 Å². The zero-order valence-corrected chi connectivity index (χ0v) is 13.6. The Balaban J connectivity index is 1.99. The molecule has 22 heavy (non-hydrogen) atoms. The first-order chi connectivity index (χ1) is 10.3. The van der Waals surface area contributed by atoms with Gasteiger partial charge in [-0.2, -0.15) is 0 Å². The van der Waals surface area contributed by atoms with Gasteiger partial charge in [0.25, 0.3) is 5.91 Å². The molecule has 7 heteroatoms. The van der Waals surface area contributed by atoms with E-state index >= 15 is 0 Å². The fourth-order valence-electron chi connectivity index (χ4n) is 2.64. The Labute approximate surface area is 131 Å². The highest BCUT2D eigenvalue weighted by molar-refractivity contribution is 7.88. The molecule has 0 radical (unpaired) electrons. The second-order valence-corrected chi connectivity index (χ2v) is 7.87. The van der Waals surface area contributed by atoms with Crippen LogP contribution in [0.1, 0.15) is 35.7 Å². The van der Waals surface area contributed by atoms with Crippen LogP contribution in [0.15, 0.2) is 24.3 Å². The number of rotatable bonds is 5. The molecule has 4 N–H and O–H groups in total. The van der Waals surface area contributed by atoms with Crippen molar-refractivity contribution in [1.82, 2.24) is 10.6 Å². The van der Waals surface area contributed by atoms with Gasteiger partial charge in [0.2, 0.25) is 10.0 Å². The number of primary sulfonamides is 1. The van der Waals surface area contributed by atoms with Crippen molar-refractivity contribution >= 4 is 15.9 Å². The molecule has 0 saturated carbocycles. The normalized spacial score (nSPS) is 17.9. The predicted molar refractivity (Wildman–Crippen MR) is 85.8 cm³/mol. The molecule has 0 aromatic heterocycles. The summed E-state index contributed by atoms with van der Waals surface area (Å²) in [5.74, 6) is -0.451. The summed E-state index contributed by atoms with van der Waals surface area (Å²) in [5.41, 5.74) is 1.08. The highest BCUT2D eigenvalue weighted by Crippen LogP contribution is 2.26. The average molecular weight is 325 g/mol. The molecule has 1 aromatic carbocycles. The van der Waals surface area contributed by atoms with E-state index in [1.165, 1.54) is 0 Å². The molecule has 1 aliphatic heterocycles. The molecule has 1 aliphatic rings. The Hall–Kier alpha value is -1.44. The minimum atomic E-state index is -3.60. The van der Waals surface area contributed by atoms with Gasteiger partial charge in [-0.15, -0.1) is 0 Å². The largest absolute Gasteiger partial charge is 0.351 e. The third-order valence-corrected chi connectivity index (χ3v) is 4.78. The fourth-order valence-corrected chi connectivity index (χ4v) is 3.28. The Kier molecular flexibility index (Phi) is 5.20. The highest BCUT2D eigenvalue weighted by atomic mass is 32.2. The standard InChI is InChI=1S/C15H23N3O3S/c1-15(5-7-17-8-6-15)11-18-14(19)13-4-2-3-12(9-13)10-22(16,20)21/h2-4,9,17H,5-8,10-11H2,1H3,(H,18,19)(H2,16,20,21). The minimum Gasteiger partial charge on any atom is -0.351 e. The van der Waals surface area contributed by atoms with Crippen LogP contribution in [0.2, 0.25) is 0 Å². The Morgan fingerprint density at radius 1 is 1.36 bits per heavy atom. The molecule has 2 rings (SSSR count). The lowest BCUT2D eigenvalue weighted by Crippen LogP contribution is -2.42. The smallest absolute Gasteiger partial charge is 0.251 e. The summed E-state index contributed by atoms with van der Waals surface area (Å²) in [5, 5.41) is 11.3. The number of nitrogens with two attached hydrogens (primary N) is 1. The van der Waals surface area contributed by atoms with E-state index in [-0.39, 0.29) is 17.1 Å². The minimum absolute atomic E-state index is 0.110. The van der Waals surface area contributed by atoms with Crippen LogP contribution in [0, 0.1) is 5.41 Å². The van der Waals surface area contributed by atoms with Crippen molar-refractivity contribution in [3.8, 4) is 0 Å². The zero-order valence-electron chi connectivity index (χ0n) is 12.8. The van der Waals surface area contributed by atoms with Crippen LogP contribution in [0.3, 0.4) is 0 Å². The van der Waals surface area contributed by atoms with Gasteiger partial charge in [0, 0.05) is 12.1 Å². The molecule has 122 valence electrons. The Bertz CT molecular complexity index is 637. The number of carbonyl (C=O) groups excluding carboxylic acids is 1. The number of carbonyl (C=O) groups is 1. The maximum Gasteiger partial charge on any atom is 0.251 e. The topological polar surface area (TPSA) is 101 Å². The summed E-state index contributed by atoms with van der Waals surface area (Å²) in [6, 6.07) is 6.56. The summed E-state index contributed by atoms with van der Waals surface area (Å²) >= 11 is 0. The maximum absolute atomic E-state index is 12.2. The van der Waals surface area contributed by atoms with Gasteiger partial charge in [0.1, 0.15) is 0 Å². The molecule has 6 nitrogen and oxygen atoms in total. The second kappa shape index (κ2) is 6.76. The van der Waals surface area contributed by atoms with Crippen molar-refractivity contribution in [2.45, 2.75) is 25.5 Å². The van der Waals surface area contributed by atoms with E-state index in [0.717, 1.165) is 25.9 Å². The first-order valence-electron chi connectivity index (χ1n) is 7.36. The van der Waals surface area contributed by atoms with Gasteiger partial charge in [0.05, 0.1) is 5.75 Å². The second-order valence-electron chi connectivity index (χ2n) is 6.25. The van der Waals surface area contributed by atoms with Crippen molar-refractivity contribution in [2.75, 3.05) is 19.6 Å². The van der Waals surface area contributed by atoms with Gasteiger partial charge >= 0.3 is 0 Å². The molecule has 1 fully saturated rings. The molecular formula is C15H23N3O3S. The van der Waals surface area contributed by atoms with E-state index < -0.39 is 10.0 Å². The molecule has 0 unspecified atom stereocenters. The molecular weight excluding hydrogens is 302 g/mol. The summed E-state index contributed by atoms with van der Waals surface area (Å²) in [6.07, 6.45) is 2.05. The predicted octanol–water partition coefficient (Wildman–Crippen LogP) is 0.595. The fraction of sp³-hybridized carbons (Fsp3) is 0.533. The van der Waals surface area contributed by atoms with Crippen LogP contribution >= 0.6 is 0 Å². The van der Waals surface area contributed by atoms with Crippen LogP contribution in [0.25, 0.3) is 0 Å². The number of nitrogens with one attached hydrogen (secondary N) is 2. The van der Waals surface area contributed by atoms with Crippen molar-refractivity contribution < 1.29 is 13.2 Å². The molecule has 1 amide bonds. The Morgan fingerprint density at radius 2 is 2.05 bits per heavy atom. The lowest BCUT2D eigenvalue weighted by molar-refractivity contribution is 0.0922. The van der Waals surface area contributed by atoms with Gasteiger partial charge in [-0.05, 0) is 49.0 Å². The molecule has 0 atom stereocenters. The lowest BCUT2D eigenvalue weighted by atomic mass is 9.81. The van der Waals surface area contributed by atoms with E-state index in [1.54, 1.807) is 24.3 Å². The van der Waals surface area contributed by atoms with Crippen molar-refractivity contribution in [2.24, 2.45) is 10.6 Å². The quantitative estimate of drug-likeness (QED) is 0.737. The average Bonchev–Trinajstić information content (AvgIpc) is 2.44. The third kappa shape index (κ3) is 5.08. The molecule has 0 spiro atoms. The first-order valence-corrected chi connectivity index (χ1v) is 9.07. The molecule has 1 saturated heterocycles. The molecule has 0 aliphatic carbocycles. The molecule has 1 heterocycles. The summed E-state index contributed by atoms with van der Waals surface area (Å²) in [4.78, 5) is 12.2. The monoisotopic (exact) mass is 325 g/mol.